The summed E-state index contributed by atoms with van der Waals surface area (Å²) in [6.45, 7) is 0. The number of hydrogen-bond acceptors (Lipinski definition) is 2. The van der Waals surface area contributed by atoms with E-state index < -0.39 is 0 Å². The molecule has 13 aromatic carbocycles. The second-order valence-corrected chi connectivity index (χ2v) is 19.2. The average Bonchev–Trinajstić information content (AvgIpc) is 3.55. The van der Waals surface area contributed by atoms with E-state index in [2.05, 4.69) is 325 Å². The molecular weight excluding hydrogens is 917 g/mol. The fraction of sp³-hybridized carbons (Fsp3) is 0. The number of anilines is 6. The van der Waals surface area contributed by atoms with Gasteiger partial charge in [-0.1, -0.05) is 255 Å². The van der Waals surface area contributed by atoms with Crippen LogP contribution in [0.2, 0.25) is 0 Å². The zero-order valence-corrected chi connectivity index (χ0v) is 41.9. The first-order chi connectivity index (χ1) is 37.7. The van der Waals surface area contributed by atoms with Gasteiger partial charge in [-0.2, -0.15) is 0 Å². The van der Waals surface area contributed by atoms with Crippen LogP contribution >= 0.6 is 0 Å². The second kappa shape index (κ2) is 20.5. The van der Waals surface area contributed by atoms with Crippen LogP contribution in [0.25, 0.3) is 88.3 Å². The van der Waals surface area contributed by atoms with Crippen LogP contribution in [0.4, 0.5) is 34.1 Å². The zero-order valence-electron chi connectivity index (χ0n) is 41.9. The van der Waals surface area contributed by atoms with Crippen molar-refractivity contribution in [2.75, 3.05) is 9.80 Å². The summed E-state index contributed by atoms with van der Waals surface area (Å²) in [5.74, 6) is 0. The predicted molar refractivity (Wildman–Crippen MR) is 323 cm³/mol. The molecule has 0 N–H and O–H groups in total. The van der Waals surface area contributed by atoms with Crippen LogP contribution in [-0.4, -0.2) is 0 Å². The Bertz CT molecular complexity index is 3860. The van der Waals surface area contributed by atoms with Crippen molar-refractivity contribution in [3.05, 3.63) is 315 Å². The van der Waals surface area contributed by atoms with Crippen LogP contribution in [-0.2, 0) is 0 Å². The van der Waals surface area contributed by atoms with Crippen molar-refractivity contribution in [3.63, 3.8) is 0 Å². The Morgan fingerprint density at radius 3 is 0.816 bits per heavy atom. The molecule has 0 saturated heterocycles. The maximum Gasteiger partial charge on any atom is 0.0540 e. The number of rotatable bonds is 12. The van der Waals surface area contributed by atoms with Crippen molar-refractivity contribution in [1.29, 1.82) is 0 Å². The van der Waals surface area contributed by atoms with Gasteiger partial charge in [0.05, 0.1) is 11.4 Å². The fourth-order valence-electron chi connectivity index (χ4n) is 11.0. The Kier molecular flexibility index (Phi) is 12.3. The number of fused-ring (bicyclic) bond motifs is 2. The van der Waals surface area contributed by atoms with E-state index in [-0.39, 0.29) is 0 Å². The quantitative estimate of drug-likeness (QED) is 0.120. The van der Waals surface area contributed by atoms with Gasteiger partial charge in [-0.15, -0.1) is 0 Å². The normalized spacial score (nSPS) is 11.2. The van der Waals surface area contributed by atoms with Crippen LogP contribution in [0.5, 0.6) is 0 Å². The summed E-state index contributed by atoms with van der Waals surface area (Å²) >= 11 is 0. The van der Waals surface area contributed by atoms with Gasteiger partial charge in [0, 0.05) is 33.5 Å². The van der Waals surface area contributed by atoms with Gasteiger partial charge in [0.2, 0.25) is 0 Å². The molecule has 0 fully saturated rings. The van der Waals surface area contributed by atoms with Gasteiger partial charge in [-0.25, -0.2) is 0 Å². The smallest absolute Gasteiger partial charge is 0.0540 e. The standard InChI is InChI=1S/C74H52N2/c1-5-21-53(22-6-1)57-39-43-61(44-40-57)75(63-31-19-29-59(51-63)55-25-9-3-10-26-55)73-49-47-69(67-35-15-17-37-71(67)73)65-33-13-14-34-66(65)70-48-50-74(72-38-18-16-36-68(70)72)76(62-45-41-58(42-46-62)54-23-7-2-8-24-54)64-32-20-30-60(52-64)56-27-11-4-12-28-56/h1-52H. The van der Waals surface area contributed by atoms with Crippen molar-refractivity contribution < 1.29 is 0 Å². The third-order valence-electron chi connectivity index (χ3n) is 14.7. The van der Waals surface area contributed by atoms with Crippen LogP contribution in [0, 0.1) is 0 Å². The van der Waals surface area contributed by atoms with Gasteiger partial charge in [0.15, 0.2) is 0 Å². The molecule has 0 aromatic heterocycles. The molecule has 13 aromatic rings. The molecule has 2 heteroatoms. The molecule has 0 unspecified atom stereocenters. The van der Waals surface area contributed by atoms with E-state index in [1.807, 2.05) is 0 Å². The third-order valence-corrected chi connectivity index (χ3v) is 14.7. The van der Waals surface area contributed by atoms with Gasteiger partial charge in [0.1, 0.15) is 0 Å². The molecule has 0 aliphatic rings. The van der Waals surface area contributed by atoms with E-state index in [9.17, 15) is 0 Å². The third kappa shape index (κ3) is 8.89. The first-order valence-electron chi connectivity index (χ1n) is 26.1. The molecule has 0 aliphatic heterocycles. The average molecular weight is 969 g/mol. The molecule has 0 aliphatic carbocycles. The Balaban J connectivity index is 0.945. The lowest BCUT2D eigenvalue weighted by molar-refractivity contribution is 1.30. The highest BCUT2D eigenvalue weighted by Gasteiger charge is 2.22. The van der Waals surface area contributed by atoms with Crippen molar-refractivity contribution in [2.45, 2.75) is 0 Å². The molecule has 76 heavy (non-hydrogen) atoms. The van der Waals surface area contributed by atoms with Crippen molar-refractivity contribution in [3.8, 4) is 66.8 Å². The van der Waals surface area contributed by atoms with E-state index in [1.165, 1.54) is 88.3 Å². The van der Waals surface area contributed by atoms with Gasteiger partial charge in [0.25, 0.3) is 0 Å². The summed E-state index contributed by atoms with van der Waals surface area (Å²) < 4.78 is 0. The van der Waals surface area contributed by atoms with E-state index >= 15 is 0 Å². The lowest BCUT2D eigenvalue weighted by atomic mass is 9.88. The zero-order chi connectivity index (χ0) is 50.6. The SMILES string of the molecule is c1ccc(-c2ccc(N(c3cccc(-c4ccccc4)c3)c3ccc(-c4ccccc4-c4ccc(N(c5ccc(-c6ccccc6)cc5)c5cccc(-c6ccccc6)c5)c5ccccc45)c4ccccc34)cc2)cc1. The molecule has 0 amide bonds. The van der Waals surface area contributed by atoms with Gasteiger partial charge < -0.3 is 9.80 Å². The monoisotopic (exact) mass is 968 g/mol. The summed E-state index contributed by atoms with van der Waals surface area (Å²) in [5.41, 5.74) is 20.7. The first-order valence-corrected chi connectivity index (χ1v) is 26.1. The van der Waals surface area contributed by atoms with Crippen LogP contribution < -0.4 is 9.80 Å². The molecule has 13 rings (SSSR count). The summed E-state index contributed by atoms with van der Waals surface area (Å²) in [5, 5.41) is 4.70. The minimum atomic E-state index is 1.09. The van der Waals surface area contributed by atoms with Crippen molar-refractivity contribution in [1.82, 2.24) is 0 Å². The Hall–Kier alpha value is -10.0. The van der Waals surface area contributed by atoms with E-state index in [4.69, 9.17) is 0 Å². The van der Waals surface area contributed by atoms with E-state index in [1.54, 1.807) is 0 Å². The van der Waals surface area contributed by atoms with E-state index in [0.717, 1.165) is 34.1 Å². The molecule has 0 atom stereocenters. The Morgan fingerprint density at radius 1 is 0.158 bits per heavy atom. The lowest BCUT2D eigenvalue weighted by Crippen LogP contribution is -2.11. The largest absolute Gasteiger partial charge is 0.310 e. The Labute approximate surface area is 445 Å². The molecule has 358 valence electrons. The van der Waals surface area contributed by atoms with Crippen LogP contribution in [0.3, 0.4) is 0 Å². The van der Waals surface area contributed by atoms with Gasteiger partial charge in [-0.3, -0.25) is 0 Å². The lowest BCUT2D eigenvalue weighted by Gasteiger charge is -2.29. The van der Waals surface area contributed by atoms with E-state index in [0.29, 0.717) is 0 Å². The highest BCUT2D eigenvalue weighted by Crippen LogP contribution is 2.48. The molecule has 0 saturated carbocycles. The summed E-state index contributed by atoms with van der Waals surface area (Å²) in [6.07, 6.45) is 0. The minimum Gasteiger partial charge on any atom is -0.310 e. The summed E-state index contributed by atoms with van der Waals surface area (Å²) in [4.78, 5) is 4.84. The minimum absolute atomic E-state index is 1.09. The predicted octanol–water partition coefficient (Wildman–Crippen LogP) is 20.9. The summed E-state index contributed by atoms with van der Waals surface area (Å²) in [7, 11) is 0. The van der Waals surface area contributed by atoms with Gasteiger partial charge >= 0.3 is 0 Å². The second-order valence-electron chi connectivity index (χ2n) is 19.2. The van der Waals surface area contributed by atoms with Crippen LogP contribution in [0.15, 0.2) is 315 Å². The fourth-order valence-corrected chi connectivity index (χ4v) is 11.0. The topological polar surface area (TPSA) is 6.48 Å². The van der Waals surface area contributed by atoms with Crippen molar-refractivity contribution >= 4 is 55.7 Å². The maximum absolute atomic E-state index is 2.42. The number of hydrogen-bond donors (Lipinski definition) is 0. The van der Waals surface area contributed by atoms with Crippen LogP contribution in [0.1, 0.15) is 0 Å². The van der Waals surface area contributed by atoms with Crippen molar-refractivity contribution in [2.24, 2.45) is 0 Å². The maximum atomic E-state index is 2.42. The Morgan fingerprint density at radius 2 is 0.447 bits per heavy atom. The molecule has 0 bridgehead atoms. The molecule has 2 nitrogen and oxygen atoms in total. The highest BCUT2D eigenvalue weighted by molar-refractivity contribution is 6.12. The van der Waals surface area contributed by atoms with Gasteiger partial charge in [-0.05, 0) is 138 Å². The molecule has 0 radical (unpaired) electrons. The number of nitrogens with zero attached hydrogens (tertiary/aromatic N) is 2. The summed E-state index contributed by atoms with van der Waals surface area (Å²) in [6, 6.07) is 114. The highest BCUT2D eigenvalue weighted by atomic mass is 15.1. The molecular formula is C74H52N2. The molecule has 0 heterocycles. The molecule has 0 spiro atoms. The first kappa shape index (κ1) is 45.8. The number of benzene rings is 13.